The Morgan fingerprint density at radius 2 is 2.15 bits per heavy atom. The fraction of sp³-hybridized carbons (Fsp3) is 0.364. The minimum atomic E-state index is -3.73. The molecule has 0 radical (unpaired) electrons. The van der Waals surface area contributed by atoms with Crippen LogP contribution in [0.5, 0.6) is 0 Å². The average Bonchev–Trinajstić information content (AvgIpc) is 2.81. The zero-order chi connectivity index (χ0) is 14.6. The number of pyridine rings is 1. The van der Waals surface area contributed by atoms with Gasteiger partial charge in [-0.25, -0.2) is 8.42 Å². The van der Waals surface area contributed by atoms with Gasteiger partial charge < -0.3 is 5.32 Å². The number of anilines is 2. The van der Waals surface area contributed by atoms with Gasteiger partial charge in [0.2, 0.25) is 5.13 Å². The van der Waals surface area contributed by atoms with Crippen molar-refractivity contribution in [2.24, 2.45) is 0 Å². The molecule has 2 heterocycles. The molecule has 2 N–H and O–H groups in total. The van der Waals surface area contributed by atoms with Crippen LogP contribution < -0.4 is 10.0 Å². The van der Waals surface area contributed by atoms with Gasteiger partial charge in [0.1, 0.15) is 9.90 Å². The van der Waals surface area contributed by atoms with Crippen molar-refractivity contribution in [2.75, 3.05) is 16.6 Å². The number of sulfonamides is 1. The second-order valence-electron chi connectivity index (χ2n) is 4.03. The Hall–Kier alpha value is -1.74. The van der Waals surface area contributed by atoms with Crippen LogP contribution in [0.25, 0.3) is 0 Å². The molecule has 0 spiro atoms. The summed E-state index contributed by atoms with van der Waals surface area (Å²) in [5.41, 5.74) is 0.524. The van der Waals surface area contributed by atoms with Crippen LogP contribution in [-0.4, -0.2) is 30.1 Å². The number of aromatic nitrogens is 3. The molecule has 0 saturated carbocycles. The lowest BCUT2D eigenvalue weighted by Gasteiger charge is -2.11. The van der Waals surface area contributed by atoms with E-state index in [2.05, 4.69) is 25.2 Å². The molecular weight excluding hydrogens is 298 g/mol. The highest BCUT2D eigenvalue weighted by Crippen LogP contribution is 2.24. The van der Waals surface area contributed by atoms with Crippen LogP contribution in [0, 0.1) is 6.92 Å². The molecule has 7 nitrogen and oxygen atoms in total. The maximum Gasteiger partial charge on any atom is 0.267 e. The molecule has 20 heavy (non-hydrogen) atoms. The van der Waals surface area contributed by atoms with Gasteiger partial charge in [0.15, 0.2) is 0 Å². The molecule has 2 aromatic heterocycles. The summed E-state index contributed by atoms with van der Waals surface area (Å²) in [6, 6.07) is 1.63. The van der Waals surface area contributed by atoms with E-state index in [9.17, 15) is 8.42 Å². The molecule has 2 aromatic rings. The fourth-order valence-electron chi connectivity index (χ4n) is 1.51. The third-order valence-corrected chi connectivity index (χ3v) is 4.64. The van der Waals surface area contributed by atoms with E-state index in [0.29, 0.717) is 17.2 Å². The van der Waals surface area contributed by atoms with Crippen molar-refractivity contribution in [3.8, 4) is 0 Å². The molecule has 0 unspecified atom stereocenters. The Kier molecular flexibility index (Phi) is 4.50. The van der Waals surface area contributed by atoms with Crippen molar-refractivity contribution in [1.29, 1.82) is 0 Å². The highest BCUT2D eigenvalue weighted by atomic mass is 32.2. The molecule has 0 aromatic carbocycles. The van der Waals surface area contributed by atoms with Crippen molar-refractivity contribution in [2.45, 2.75) is 25.2 Å². The number of nitrogens with one attached hydrogen (secondary N) is 2. The summed E-state index contributed by atoms with van der Waals surface area (Å²) in [6.07, 6.45) is 3.76. The van der Waals surface area contributed by atoms with Gasteiger partial charge in [-0.1, -0.05) is 18.3 Å². The number of aryl methyl sites for hydroxylation is 1. The zero-order valence-electron chi connectivity index (χ0n) is 11.1. The Bertz CT molecular complexity index is 684. The third kappa shape index (κ3) is 3.42. The summed E-state index contributed by atoms with van der Waals surface area (Å²) in [4.78, 5) is 3.97. The topological polar surface area (TPSA) is 96.9 Å². The predicted octanol–water partition coefficient (Wildman–Crippen LogP) is 1.86. The number of nitrogens with zero attached hydrogens (tertiary/aromatic N) is 3. The van der Waals surface area contributed by atoms with E-state index < -0.39 is 10.0 Å². The SMILES string of the molecule is CCCNc1ccncc1S(=O)(=O)Nc1nnc(C)s1. The standard InChI is InChI=1S/C11H15N5O2S2/c1-3-5-13-9-4-6-12-7-10(9)20(17,18)16-11-15-14-8(2)19-11/h4,6-7H,3,5H2,1-2H3,(H,12,13)(H,15,16). The first kappa shape index (κ1) is 14.7. The molecular formula is C11H15N5O2S2. The molecule has 0 bridgehead atoms. The predicted molar refractivity (Wildman–Crippen MR) is 78.5 cm³/mol. The zero-order valence-corrected chi connectivity index (χ0v) is 12.8. The summed E-state index contributed by atoms with van der Waals surface area (Å²) in [6.45, 7) is 4.45. The van der Waals surface area contributed by atoms with Crippen LogP contribution in [0.3, 0.4) is 0 Å². The lowest BCUT2D eigenvalue weighted by Crippen LogP contribution is -2.16. The second kappa shape index (κ2) is 6.14. The number of hydrogen-bond acceptors (Lipinski definition) is 7. The van der Waals surface area contributed by atoms with Gasteiger partial charge >= 0.3 is 0 Å². The molecule has 9 heteroatoms. The molecule has 108 valence electrons. The monoisotopic (exact) mass is 313 g/mol. The van der Waals surface area contributed by atoms with Crippen LogP contribution in [0.15, 0.2) is 23.4 Å². The maximum atomic E-state index is 12.3. The van der Waals surface area contributed by atoms with Gasteiger partial charge in [-0.05, 0) is 19.4 Å². The smallest absolute Gasteiger partial charge is 0.267 e. The van der Waals surface area contributed by atoms with E-state index in [-0.39, 0.29) is 10.0 Å². The normalized spacial score (nSPS) is 11.3. The fourth-order valence-corrected chi connectivity index (χ4v) is 3.46. The highest BCUT2D eigenvalue weighted by molar-refractivity contribution is 7.93. The second-order valence-corrected chi connectivity index (χ2v) is 6.86. The van der Waals surface area contributed by atoms with Gasteiger partial charge in [0.25, 0.3) is 10.0 Å². The van der Waals surface area contributed by atoms with E-state index >= 15 is 0 Å². The first-order valence-electron chi connectivity index (χ1n) is 6.03. The lowest BCUT2D eigenvalue weighted by atomic mass is 10.4. The van der Waals surface area contributed by atoms with E-state index in [1.165, 1.54) is 17.5 Å². The maximum absolute atomic E-state index is 12.3. The summed E-state index contributed by atoms with van der Waals surface area (Å²) in [7, 11) is -3.73. The summed E-state index contributed by atoms with van der Waals surface area (Å²) in [5.74, 6) is 0. The van der Waals surface area contributed by atoms with Gasteiger partial charge in [-0.15, -0.1) is 10.2 Å². The Morgan fingerprint density at radius 1 is 1.35 bits per heavy atom. The van der Waals surface area contributed by atoms with Gasteiger partial charge in [-0.3, -0.25) is 9.71 Å². The van der Waals surface area contributed by atoms with Crippen molar-refractivity contribution >= 4 is 32.2 Å². The number of rotatable bonds is 6. The van der Waals surface area contributed by atoms with Crippen LogP contribution in [-0.2, 0) is 10.0 Å². The summed E-state index contributed by atoms with van der Waals surface area (Å²) < 4.78 is 27.1. The quantitative estimate of drug-likeness (QED) is 0.845. The molecule has 0 saturated heterocycles. The van der Waals surface area contributed by atoms with Gasteiger partial charge in [-0.2, -0.15) is 0 Å². The summed E-state index contributed by atoms with van der Waals surface area (Å²) >= 11 is 1.18. The molecule has 2 rings (SSSR count). The van der Waals surface area contributed by atoms with Crippen LogP contribution in [0.2, 0.25) is 0 Å². The van der Waals surface area contributed by atoms with Crippen molar-refractivity contribution in [1.82, 2.24) is 15.2 Å². The average molecular weight is 313 g/mol. The minimum absolute atomic E-state index is 0.0984. The Morgan fingerprint density at radius 3 is 2.80 bits per heavy atom. The van der Waals surface area contributed by atoms with Crippen molar-refractivity contribution < 1.29 is 8.42 Å². The van der Waals surface area contributed by atoms with Crippen LogP contribution >= 0.6 is 11.3 Å². The molecule has 0 fully saturated rings. The molecule has 0 aliphatic carbocycles. The van der Waals surface area contributed by atoms with Gasteiger partial charge in [0, 0.05) is 18.9 Å². The highest BCUT2D eigenvalue weighted by Gasteiger charge is 2.20. The Balaban J connectivity index is 2.29. The van der Waals surface area contributed by atoms with E-state index in [1.807, 2.05) is 6.92 Å². The molecule has 0 aliphatic heterocycles. The molecule has 0 amide bonds. The lowest BCUT2D eigenvalue weighted by molar-refractivity contribution is 0.601. The first-order chi connectivity index (χ1) is 9.53. The van der Waals surface area contributed by atoms with E-state index in [1.54, 1.807) is 19.2 Å². The molecule has 0 aliphatic rings. The third-order valence-electron chi connectivity index (χ3n) is 2.39. The van der Waals surface area contributed by atoms with E-state index in [4.69, 9.17) is 0 Å². The van der Waals surface area contributed by atoms with Crippen LogP contribution in [0.1, 0.15) is 18.4 Å². The van der Waals surface area contributed by atoms with E-state index in [0.717, 1.165) is 6.42 Å². The van der Waals surface area contributed by atoms with Crippen LogP contribution in [0.4, 0.5) is 10.8 Å². The number of hydrogen-bond donors (Lipinski definition) is 2. The molecule has 0 atom stereocenters. The van der Waals surface area contributed by atoms with Gasteiger partial charge in [0.05, 0.1) is 5.69 Å². The van der Waals surface area contributed by atoms with Crippen molar-refractivity contribution in [3.05, 3.63) is 23.5 Å². The van der Waals surface area contributed by atoms with Crippen molar-refractivity contribution in [3.63, 3.8) is 0 Å². The largest absolute Gasteiger partial charge is 0.384 e. The first-order valence-corrected chi connectivity index (χ1v) is 8.33. The summed E-state index contributed by atoms with van der Waals surface area (Å²) in [5, 5.41) is 11.5. The Labute approximate surface area is 121 Å². The minimum Gasteiger partial charge on any atom is -0.384 e.